The zero-order chi connectivity index (χ0) is 8.39. The standard InChI is InChI=1S/C8H13N3S/c12-7-1-4-11(5-7)6-8-9-2-3-10-8/h2-3,7,12H,1,4-6H2,(H,9,10). The maximum atomic E-state index is 4.43. The summed E-state index contributed by atoms with van der Waals surface area (Å²) in [6, 6.07) is 0. The summed E-state index contributed by atoms with van der Waals surface area (Å²) in [6.07, 6.45) is 4.86. The average molecular weight is 183 g/mol. The smallest absolute Gasteiger partial charge is 0.120 e. The third kappa shape index (κ3) is 1.81. The molecule has 1 aliphatic heterocycles. The van der Waals surface area contributed by atoms with Crippen LogP contribution < -0.4 is 0 Å². The van der Waals surface area contributed by atoms with Gasteiger partial charge in [0.15, 0.2) is 0 Å². The summed E-state index contributed by atoms with van der Waals surface area (Å²) in [5.74, 6) is 1.05. The average Bonchev–Trinajstić information content (AvgIpc) is 2.63. The second kappa shape index (κ2) is 3.49. The predicted molar refractivity (Wildman–Crippen MR) is 51.3 cm³/mol. The summed E-state index contributed by atoms with van der Waals surface area (Å²) < 4.78 is 0. The molecule has 0 bridgehead atoms. The molecule has 0 amide bonds. The topological polar surface area (TPSA) is 31.9 Å². The Morgan fingerprint density at radius 2 is 2.67 bits per heavy atom. The maximum Gasteiger partial charge on any atom is 0.120 e. The van der Waals surface area contributed by atoms with E-state index in [-0.39, 0.29) is 0 Å². The van der Waals surface area contributed by atoms with Gasteiger partial charge in [-0.25, -0.2) is 4.98 Å². The van der Waals surface area contributed by atoms with E-state index in [9.17, 15) is 0 Å². The molecular formula is C8H13N3S. The zero-order valence-corrected chi connectivity index (χ0v) is 7.80. The van der Waals surface area contributed by atoms with Crippen LogP contribution >= 0.6 is 12.6 Å². The molecule has 1 saturated heterocycles. The van der Waals surface area contributed by atoms with Gasteiger partial charge in [0, 0.05) is 24.2 Å². The number of H-pyrrole nitrogens is 1. The highest BCUT2D eigenvalue weighted by Gasteiger charge is 2.19. The fourth-order valence-corrected chi connectivity index (χ4v) is 1.90. The van der Waals surface area contributed by atoms with Crippen molar-refractivity contribution in [1.82, 2.24) is 14.9 Å². The van der Waals surface area contributed by atoms with Gasteiger partial charge in [0.2, 0.25) is 0 Å². The molecule has 1 unspecified atom stereocenters. The number of aromatic nitrogens is 2. The molecule has 2 heterocycles. The zero-order valence-electron chi connectivity index (χ0n) is 6.90. The van der Waals surface area contributed by atoms with Crippen molar-refractivity contribution < 1.29 is 0 Å². The first kappa shape index (κ1) is 8.13. The minimum atomic E-state index is 0.556. The molecule has 12 heavy (non-hydrogen) atoms. The molecule has 1 fully saturated rings. The number of rotatable bonds is 2. The Hall–Kier alpha value is -0.480. The van der Waals surface area contributed by atoms with E-state index in [0.29, 0.717) is 5.25 Å². The van der Waals surface area contributed by atoms with Gasteiger partial charge in [0.1, 0.15) is 5.82 Å². The van der Waals surface area contributed by atoms with Gasteiger partial charge < -0.3 is 4.98 Å². The molecule has 0 radical (unpaired) electrons. The minimum absolute atomic E-state index is 0.556. The fourth-order valence-electron chi connectivity index (χ4n) is 1.55. The van der Waals surface area contributed by atoms with Crippen molar-refractivity contribution in [3.63, 3.8) is 0 Å². The van der Waals surface area contributed by atoms with Gasteiger partial charge in [-0.15, -0.1) is 0 Å². The number of hydrogen-bond acceptors (Lipinski definition) is 3. The number of imidazole rings is 1. The summed E-state index contributed by atoms with van der Waals surface area (Å²) in [4.78, 5) is 9.66. The van der Waals surface area contributed by atoms with Crippen molar-refractivity contribution in [2.24, 2.45) is 0 Å². The normalized spacial score (nSPS) is 24.9. The van der Waals surface area contributed by atoms with Crippen LogP contribution in [0.2, 0.25) is 0 Å². The number of hydrogen-bond donors (Lipinski definition) is 2. The predicted octanol–water partition coefficient (Wildman–Crippen LogP) is 0.914. The van der Waals surface area contributed by atoms with Crippen LogP contribution in [0.15, 0.2) is 12.4 Å². The van der Waals surface area contributed by atoms with Gasteiger partial charge in [-0.05, 0) is 13.0 Å². The third-order valence-corrected chi connectivity index (χ3v) is 2.60. The Balaban J connectivity index is 1.88. The number of thiol groups is 1. The van der Waals surface area contributed by atoms with E-state index >= 15 is 0 Å². The molecule has 2 rings (SSSR count). The van der Waals surface area contributed by atoms with Gasteiger partial charge in [0.25, 0.3) is 0 Å². The van der Waals surface area contributed by atoms with Gasteiger partial charge in [-0.1, -0.05) is 0 Å². The largest absolute Gasteiger partial charge is 0.348 e. The summed E-state index contributed by atoms with van der Waals surface area (Å²) in [6.45, 7) is 3.17. The summed E-state index contributed by atoms with van der Waals surface area (Å²) >= 11 is 4.43. The van der Waals surface area contributed by atoms with E-state index in [1.807, 2.05) is 6.20 Å². The number of nitrogens with zero attached hydrogens (tertiary/aromatic N) is 2. The van der Waals surface area contributed by atoms with Gasteiger partial charge in [0.05, 0.1) is 6.54 Å². The van der Waals surface area contributed by atoms with E-state index in [2.05, 4.69) is 27.5 Å². The van der Waals surface area contributed by atoms with Crippen LogP contribution in [0, 0.1) is 0 Å². The Labute approximate surface area is 77.6 Å². The SMILES string of the molecule is SC1CCN(Cc2ncc[nH]2)C1. The van der Waals surface area contributed by atoms with E-state index in [0.717, 1.165) is 25.5 Å². The van der Waals surface area contributed by atoms with Crippen molar-refractivity contribution in [1.29, 1.82) is 0 Å². The molecule has 0 aliphatic carbocycles. The van der Waals surface area contributed by atoms with Crippen LogP contribution in [0.4, 0.5) is 0 Å². The third-order valence-electron chi connectivity index (χ3n) is 2.18. The molecule has 1 aromatic heterocycles. The van der Waals surface area contributed by atoms with E-state index in [1.54, 1.807) is 6.20 Å². The van der Waals surface area contributed by atoms with Crippen LogP contribution in [0.25, 0.3) is 0 Å². The lowest BCUT2D eigenvalue weighted by Crippen LogP contribution is -2.20. The van der Waals surface area contributed by atoms with Crippen LogP contribution in [-0.2, 0) is 6.54 Å². The molecule has 1 aliphatic rings. The quantitative estimate of drug-likeness (QED) is 0.668. The highest BCUT2D eigenvalue weighted by molar-refractivity contribution is 7.81. The van der Waals surface area contributed by atoms with Crippen molar-refractivity contribution in [3.8, 4) is 0 Å². The highest BCUT2D eigenvalue weighted by Crippen LogP contribution is 2.15. The Bertz CT molecular complexity index is 234. The van der Waals surface area contributed by atoms with Crippen LogP contribution in [-0.4, -0.2) is 33.2 Å². The second-order valence-corrected chi connectivity index (χ2v) is 3.94. The Kier molecular flexibility index (Phi) is 2.37. The van der Waals surface area contributed by atoms with Crippen molar-refractivity contribution in [3.05, 3.63) is 18.2 Å². The number of likely N-dealkylation sites (tertiary alicyclic amines) is 1. The second-order valence-electron chi connectivity index (χ2n) is 3.21. The van der Waals surface area contributed by atoms with E-state index in [1.165, 1.54) is 6.42 Å². The van der Waals surface area contributed by atoms with Crippen molar-refractivity contribution in [2.75, 3.05) is 13.1 Å². The Morgan fingerprint density at radius 3 is 3.25 bits per heavy atom. The summed E-state index contributed by atoms with van der Waals surface area (Å²) in [7, 11) is 0. The lowest BCUT2D eigenvalue weighted by Gasteiger charge is -2.12. The molecule has 3 nitrogen and oxygen atoms in total. The molecule has 0 spiro atoms. The Morgan fingerprint density at radius 1 is 1.75 bits per heavy atom. The maximum absolute atomic E-state index is 4.43. The first-order chi connectivity index (χ1) is 5.84. The lowest BCUT2D eigenvalue weighted by molar-refractivity contribution is 0.324. The van der Waals surface area contributed by atoms with Crippen LogP contribution in [0.3, 0.4) is 0 Å². The summed E-state index contributed by atoms with van der Waals surface area (Å²) in [5.41, 5.74) is 0. The molecule has 4 heteroatoms. The van der Waals surface area contributed by atoms with E-state index < -0.39 is 0 Å². The van der Waals surface area contributed by atoms with Gasteiger partial charge >= 0.3 is 0 Å². The lowest BCUT2D eigenvalue weighted by atomic mass is 10.4. The highest BCUT2D eigenvalue weighted by atomic mass is 32.1. The van der Waals surface area contributed by atoms with E-state index in [4.69, 9.17) is 0 Å². The molecule has 0 aromatic carbocycles. The van der Waals surface area contributed by atoms with Gasteiger partial charge in [-0.3, -0.25) is 4.90 Å². The van der Waals surface area contributed by atoms with Crippen LogP contribution in [0.5, 0.6) is 0 Å². The molecule has 66 valence electrons. The first-order valence-electron chi connectivity index (χ1n) is 4.23. The molecule has 1 atom stereocenters. The van der Waals surface area contributed by atoms with Crippen LogP contribution in [0.1, 0.15) is 12.2 Å². The monoisotopic (exact) mass is 183 g/mol. The molecule has 0 saturated carbocycles. The van der Waals surface area contributed by atoms with Gasteiger partial charge in [-0.2, -0.15) is 12.6 Å². The fraction of sp³-hybridized carbons (Fsp3) is 0.625. The molecular weight excluding hydrogens is 170 g/mol. The molecule has 1 aromatic rings. The first-order valence-corrected chi connectivity index (χ1v) is 4.75. The summed E-state index contributed by atoms with van der Waals surface area (Å²) in [5, 5.41) is 0.556. The van der Waals surface area contributed by atoms with Crippen molar-refractivity contribution >= 4 is 12.6 Å². The minimum Gasteiger partial charge on any atom is -0.348 e. The van der Waals surface area contributed by atoms with Crippen molar-refractivity contribution in [2.45, 2.75) is 18.2 Å². The number of aromatic amines is 1. The number of nitrogens with one attached hydrogen (secondary N) is 1. The molecule has 1 N–H and O–H groups in total.